The fraction of sp³-hybridized carbons (Fsp3) is 0.150. The predicted molar refractivity (Wildman–Crippen MR) is 116 cm³/mol. The molecule has 2 heterocycles. The topological polar surface area (TPSA) is 89.8 Å². The Morgan fingerprint density at radius 2 is 1.93 bits per heavy atom. The number of benzene rings is 2. The summed E-state index contributed by atoms with van der Waals surface area (Å²) < 4.78 is 14.6. The number of amides is 1. The van der Waals surface area contributed by atoms with Crippen LogP contribution >= 0.6 is 23.1 Å². The van der Waals surface area contributed by atoms with Crippen LogP contribution in [0.25, 0.3) is 10.9 Å². The van der Waals surface area contributed by atoms with E-state index >= 15 is 0 Å². The number of fused-ring (bicyclic) bond motifs is 1. The summed E-state index contributed by atoms with van der Waals surface area (Å²) in [5, 5.41) is 12.7. The van der Waals surface area contributed by atoms with E-state index in [1.807, 2.05) is 25.1 Å². The zero-order valence-electron chi connectivity index (χ0n) is 15.8. The molecule has 152 valence electrons. The standard InChI is InChI=1S/C20H16FN5O2S2/c1-2-26-19(28)14-5-3-4-6-15(14)23-20(26)29-11-16-24-25-18(30-16)17(27)22-13-9-7-12(21)8-10-13/h3-10H,2,11H2,1H3,(H,22,27). The summed E-state index contributed by atoms with van der Waals surface area (Å²) >= 11 is 2.53. The van der Waals surface area contributed by atoms with Gasteiger partial charge in [0.15, 0.2) is 5.16 Å². The number of rotatable bonds is 6. The lowest BCUT2D eigenvalue weighted by molar-refractivity contribution is 0.102. The van der Waals surface area contributed by atoms with Gasteiger partial charge in [-0.15, -0.1) is 10.2 Å². The summed E-state index contributed by atoms with van der Waals surface area (Å²) in [6, 6.07) is 12.7. The lowest BCUT2D eigenvalue weighted by Gasteiger charge is -2.10. The number of hydrogen-bond acceptors (Lipinski definition) is 7. The Morgan fingerprint density at radius 3 is 2.70 bits per heavy atom. The SMILES string of the molecule is CCn1c(SCc2nnc(C(=O)Nc3ccc(F)cc3)s2)nc2ccccc2c1=O. The zero-order chi connectivity index (χ0) is 21.1. The second-order valence-electron chi connectivity index (χ2n) is 6.21. The Hall–Kier alpha value is -3.11. The maximum absolute atomic E-state index is 13.0. The van der Waals surface area contributed by atoms with E-state index in [9.17, 15) is 14.0 Å². The average molecular weight is 442 g/mol. The first-order chi connectivity index (χ1) is 14.5. The van der Waals surface area contributed by atoms with Gasteiger partial charge in [-0.2, -0.15) is 0 Å². The number of nitrogens with one attached hydrogen (secondary N) is 1. The minimum atomic E-state index is -0.412. The van der Waals surface area contributed by atoms with Crippen molar-refractivity contribution in [2.75, 3.05) is 5.32 Å². The molecule has 7 nitrogen and oxygen atoms in total. The fourth-order valence-corrected chi connectivity index (χ4v) is 4.57. The molecule has 0 bridgehead atoms. The van der Waals surface area contributed by atoms with Crippen LogP contribution < -0.4 is 10.9 Å². The first-order valence-corrected chi connectivity index (χ1v) is 10.9. The highest BCUT2D eigenvalue weighted by molar-refractivity contribution is 7.98. The summed E-state index contributed by atoms with van der Waals surface area (Å²) in [6.07, 6.45) is 0. The first kappa shape index (κ1) is 20.2. The van der Waals surface area contributed by atoms with Gasteiger partial charge in [0, 0.05) is 12.2 Å². The van der Waals surface area contributed by atoms with Crippen molar-refractivity contribution >= 4 is 45.6 Å². The van der Waals surface area contributed by atoms with Crippen LogP contribution in [-0.2, 0) is 12.3 Å². The van der Waals surface area contributed by atoms with Crippen LogP contribution in [-0.4, -0.2) is 25.7 Å². The second-order valence-corrected chi connectivity index (χ2v) is 8.22. The zero-order valence-corrected chi connectivity index (χ0v) is 17.5. The molecular formula is C20H16FN5O2S2. The van der Waals surface area contributed by atoms with Crippen LogP contribution in [0.4, 0.5) is 10.1 Å². The lowest BCUT2D eigenvalue weighted by Crippen LogP contribution is -2.22. The van der Waals surface area contributed by atoms with Gasteiger partial charge in [-0.3, -0.25) is 14.2 Å². The van der Waals surface area contributed by atoms with Gasteiger partial charge < -0.3 is 5.32 Å². The Morgan fingerprint density at radius 1 is 1.17 bits per heavy atom. The van der Waals surface area contributed by atoms with Gasteiger partial charge >= 0.3 is 0 Å². The Balaban J connectivity index is 1.49. The highest BCUT2D eigenvalue weighted by Gasteiger charge is 2.15. The maximum atomic E-state index is 13.0. The minimum Gasteiger partial charge on any atom is -0.320 e. The van der Waals surface area contributed by atoms with Crippen molar-refractivity contribution in [2.45, 2.75) is 24.4 Å². The van der Waals surface area contributed by atoms with Gasteiger partial charge in [0.2, 0.25) is 5.01 Å². The average Bonchev–Trinajstić information content (AvgIpc) is 3.23. The molecular weight excluding hydrogens is 425 g/mol. The molecule has 10 heteroatoms. The van der Waals surface area contributed by atoms with Crippen molar-refractivity contribution in [1.29, 1.82) is 0 Å². The van der Waals surface area contributed by atoms with Crippen molar-refractivity contribution in [2.24, 2.45) is 0 Å². The van der Waals surface area contributed by atoms with Crippen molar-refractivity contribution < 1.29 is 9.18 Å². The van der Waals surface area contributed by atoms with Gasteiger partial charge in [-0.05, 0) is 43.3 Å². The lowest BCUT2D eigenvalue weighted by atomic mass is 10.2. The highest BCUT2D eigenvalue weighted by Crippen LogP contribution is 2.24. The molecule has 2 aromatic carbocycles. The molecule has 4 rings (SSSR count). The molecule has 1 amide bonds. The van der Waals surface area contributed by atoms with Gasteiger partial charge in [0.05, 0.1) is 16.7 Å². The molecule has 0 aliphatic rings. The summed E-state index contributed by atoms with van der Waals surface area (Å²) in [7, 11) is 0. The summed E-state index contributed by atoms with van der Waals surface area (Å²) in [5.74, 6) is -0.368. The third-order valence-electron chi connectivity index (χ3n) is 4.23. The normalized spacial score (nSPS) is 11.0. The largest absolute Gasteiger partial charge is 0.320 e. The maximum Gasteiger partial charge on any atom is 0.286 e. The van der Waals surface area contributed by atoms with Crippen LogP contribution in [0.2, 0.25) is 0 Å². The summed E-state index contributed by atoms with van der Waals surface area (Å²) in [5.41, 5.74) is 1.04. The molecule has 0 saturated carbocycles. The van der Waals surface area contributed by atoms with E-state index in [-0.39, 0.29) is 16.4 Å². The van der Waals surface area contributed by atoms with Crippen LogP contribution in [0.15, 0.2) is 58.5 Å². The molecule has 30 heavy (non-hydrogen) atoms. The first-order valence-electron chi connectivity index (χ1n) is 9.07. The van der Waals surface area contributed by atoms with Crippen LogP contribution in [0.5, 0.6) is 0 Å². The molecule has 1 N–H and O–H groups in total. The van der Waals surface area contributed by atoms with E-state index in [2.05, 4.69) is 20.5 Å². The minimum absolute atomic E-state index is 0.0813. The smallest absolute Gasteiger partial charge is 0.286 e. The van der Waals surface area contributed by atoms with Gasteiger partial charge in [-0.1, -0.05) is 35.2 Å². The van der Waals surface area contributed by atoms with E-state index in [4.69, 9.17) is 0 Å². The molecule has 0 aliphatic heterocycles. The Labute approximate surface area is 179 Å². The molecule has 2 aromatic heterocycles. The van der Waals surface area contributed by atoms with Gasteiger partial charge in [0.25, 0.3) is 11.5 Å². The van der Waals surface area contributed by atoms with E-state index in [1.165, 1.54) is 36.0 Å². The fourth-order valence-electron chi connectivity index (χ4n) is 2.78. The number of halogens is 1. The summed E-state index contributed by atoms with van der Waals surface area (Å²) in [6.45, 7) is 2.39. The molecule has 0 fully saturated rings. The van der Waals surface area contributed by atoms with Gasteiger partial charge in [0.1, 0.15) is 10.8 Å². The monoisotopic (exact) mass is 441 g/mol. The van der Waals surface area contributed by atoms with E-state index in [0.717, 1.165) is 11.3 Å². The van der Waals surface area contributed by atoms with Crippen molar-refractivity contribution in [3.05, 3.63) is 74.7 Å². The third kappa shape index (κ3) is 4.24. The Kier molecular flexibility index (Phi) is 5.86. The molecule has 0 atom stereocenters. The number of nitrogens with zero attached hydrogens (tertiary/aromatic N) is 4. The highest BCUT2D eigenvalue weighted by atomic mass is 32.2. The van der Waals surface area contributed by atoms with E-state index in [0.29, 0.717) is 39.1 Å². The molecule has 0 spiro atoms. The van der Waals surface area contributed by atoms with Crippen LogP contribution in [0.3, 0.4) is 0 Å². The second kappa shape index (κ2) is 8.72. The van der Waals surface area contributed by atoms with E-state index in [1.54, 1.807) is 10.6 Å². The number of anilines is 1. The molecule has 0 saturated heterocycles. The van der Waals surface area contributed by atoms with E-state index < -0.39 is 5.91 Å². The number of hydrogen-bond donors (Lipinski definition) is 1. The number of thioether (sulfide) groups is 1. The molecule has 0 unspecified atom stereocenters. The molecule has 0 aliphatic carbocycles. The number of carbonyl (C=O) groups excluding carboxylic acids is 1. The van der Waals surface area contributed by atoms with Crippen molar-refractivity contribution in [1.82, 2.24) is 19.7 Å². The van der Waals surface area contributed by atoms with Crippen molar-refractivity contribution in [3.63, 3.8) is 0 Å². The number of aromatic nitrogens is 4. The van der Waals surface area contributed by atoms with Gasteiger partial charge in [-0.25, -0.2) is 9.37 Å². The molecule has 4 aromatic rings. The number of para-hydroxylation sites is 1. The third-order valence-corrected chi connectivity index (χ3v) is 6.32. The van der Waals surface area contributed by atoms with Crippen molar-refractivity contribution in [3.8, 4) is 0 Å². The van der Waals surface area contributed by atoms with Crippen LogP contribution in [0, 0.1) is 5.82 Å². The number of carbonyl (C=O) groups is 1. The summed E-state index contributed by atoms with van der Waals surface area (Å²) in [4.78, 5) is 29.6. The quantitative estimate of drug-likeness (QED) is 0.360. The molecule has 0 radical (unpaired) electrons. The Bertz CT molecular complexity index is 1270. The predicted octanol–water partition coefficient (Wildman–Crippen LogP) is 3.95. The van der Waals surface area contributed by atoms with Crippen LogP contribution in [0.1, 0.15) is 21.7 Å².